The van der Waals surface area contributed by atoms with Crippen LogP contribution in [0.4, 0.5) is 0 Å². The van der Waals surface area contributed by atoms with Gasteiger partial charge in [-0.15, -0.1) is 0 Å². The van der Waals surface area contributed by atoms with Crippen LogP contribution in [-0.4, -0.2) is 0 Å². The van der Waals surface area contributed by atoms with Gasteiger partial charge in [0, 0.05) is 0 Å². The van der Waals surface area contributed by atoms with E-state index in [1.807, 2.05) is 0 Å². The lowest BCUT2D eigenvalue weighted by Crippen LogP contribution is -2.55. The Hall–Kier alpha value is -0.780. The summed E-state index contributed by atoms with van der Waals surface area (Å²) in [4.78, 5) is 0. The third-order valence-electron chi connectivity index (χ3n) is 8.09. The lowest BCUT2D eigenvalue weighted by molar-refractivity contribution is -0.0982. The average molecular weight is 296 g/mol. The summed E-state index contributed by atoms with van der Waals surface area (Å²) in [6.45, 7) is 12.6. The number of aryl methyl sites for hydroxylation is 1. The molecule has 0 spiro atoms. The van der Waals surface area contributed by atoms with Crippen molar-refractivity contribution >= 4 is 0 Å². The van der Waals surface area contributed by atoms with Gasteiger partial charge in [-0.1, -0.05) is 57.9 Å². The molecular formula is C22H32. The van der Waals surface area contributed by atoms with Crippen molar-refractivity contribution < 1.29 is 0 Å². The monoisotopic (exact) mass is 296 g/mol. The maximum atomic E-state index is 2.65. The quantitative estimate of drug-likeness (QED) is 0.546. The Morgan fingerprint density at radius 2 is 1.73 bits per heavy atom. The van der Waals surface area contributed by atoms with Crippen LogP contribution in [0.1, 0.15) is 76.5 Å². The van der Waals surface area contributed by atoms with Gasteiger partial charge in [-0.3, -0.25) is 0 Å². The molecule has 0 N–H and O–H groups in total. The first-order valence-corrected chi connectivity index (χ1v) is 9.37. The molecule has 0 aliphatic heterocycles. The van der Waals surface area contributed by atoms with E-state index in [4.69, 9.17) is 0 Å². The zero-order valence-corrected chi connectivity index (χ0v) is 15.1. The van der Waals surface area contributed by atoms with Gasteiger partial charge >= 0.3 is 0 Å². The van der Waals surface area contributed by atoms with Crippen molar-refractivity contribution in [2.45, 2.75) is 78.6 Å². The van der Waals surface area contributed by atoms with E-state index in [1.54, 1.807) is 11.1 Å². The largest absolute Gasteiger partial charge is 0.0596 e. The summed E-state index contributed by atoms with van der Waals surface area (Å²) in [5.41, 5.74) is 6.30. The first kappa shape index (κ1) is 14.8. The van der Waals surface area contributed by atoms with Crippen molar-refractivity contribution in [1.29, 1.82) is 0 Å². The van der Waals surface area contributed by atoms with Crippen molar-refractivity contribution in [2.24, 2.45) is 22.7 Å². The predicted octanol–water partition coefficient (Wildman–Crippen LogP) is 6.05. The number of hydrogen-bond acceptors (Lipinski definition) is 0. The van der Waals surface area contributed by atoms with Gasteiger partial charge in [-0.05, 0) is 78.2 Å². The van der Waals surface area contributed by atoms with Crippen molar-refractivity contribution in [1.82, 2.24) is 0 Å². The SMILES string of the molecule is Cc1ccc2c(c1)C[C@@H]1C2(C)CC[C@H]2C(C)(C)CCC[C@]12C. The molecule has 1 aromatic rings. The fourth-order valence-corrected chi connectivity index (χ4v) is 7.10. The van der Waals surface area contributed by atoms with Gasteiger partial charge < -0.3 is 0 Å². The highest BCUT2D eigenvalue weighted by Crippen LogP contribution is 2.67. The number of hydrogen-bond donors (Lipinski definition) is 0. The van der Waals surface area contributed by atoms with E-state index in [0.717, 1.165) is 11.8 Å². The van der Waals surface area contributed by atoms with Crippen molar-refractivity contribution in [3.63, 3.8) is 0 Å². The lowest BCUT2D eigenvalue weighted by Gasteiger charge is -2.61. The molecule has 4 rings (SSSR count). The summed E-state index contributed by atoms with van der Waals surface area (Å²) in [5, 5.41) is 0. The van der Waals surface area contributed by atoms with Crippen LogP contribution in [0.15, 0.2) is 18.2 Å². The van der Waals surface area contributed by atoms with Gasteiger partial charge in [0.25, 0.3) is 0 Å². The summed E-state index contributed by atoms with van der Waals surface area (Å²) in [6, 6.07) is 7.28. The Labute approximate surface area is 136 Å². The topological polar surface area (TPSA) is 0 Å². The van der Waals surface area contributed by atoms with E-state index in [1.165, 1.54) is 44.1 Å². The van der Waals surface area contributed by atoms with Crippen LogP contribution in [0.3, 0.4) is 0 Å². The third kappa shape index (κ3) is 1.76. The summed E-state index contributed by atoms with van der Waals surface area (Å²) in [6.07, 6.45) is 8.48. The number of benzene rings is 1. The van der Waals surface area contributed by atoms with Crippen LogP contribution in [0.25, 0.3) is 0 Å². The van der Waals surface area contributed by atoms with Crippen LogP contribution < -0.4 is 0 Å². The molecule has 1 unspecified atom stereocenters. The van der Waals surface area contributed by atoms with E-state index in [9.17, 15) is 0 Å². The number of fused-ring (bicyclic) bond motifs is 5. The zero-order chi connectivity index (χ0) is 15.8. The molecular weight excluding hydrogens is 264 g/mol. The summed E-state index contributed by atoms with van der Waals surface area (Å²) in [5.74, 6) is 1.78. The highest BCUT2D eigenvalue weighted by molar-refractivity contribution is 5.44. The van der Waals surface area contributed by atoms with E-state index in [-0.39, 0.29) is 0 Å². The lowest BCUT2D eigenvalue weighted by atomic mass is 9.43. The van der Waals surface area contributed by atoms with Gasteiger partial charge in [-0.2, -0.15) is 0 Å². The molecule has 0 heteroatoms. The molecule has 2 fully saturated rings. The second-order valence-corrected chi connectivity index (χ2v) is 9.77. The molecule has 4 atom stereocenters. The molecule has 0 nitrogen and oxygen atoms in total. The minimum Gasteiger partial charge on any atom is -0.0596 e. The highest BCUT2D eigenvalue weighted by Gasteiger charge is 2.60. The molecule has 0 bridgehead atoms. The molecule has 0 radical (unpaired) electrons. The Kier molecular flexibility index (Phi) is 2.96. The maximum absolute atomic E-state index is 2.65. The second-order valence-electron chi connectivity index (χ2n) is 9.77. The maximum Gasteiger partial charge on any atom is -0.00357 e. The van der Waals surface area contributed by atoms with Gasteiger partial charge in [-0.25, -0.2) is 0 Å². The first-order valence-electron chi connectivity index (χ1n) is 9.37. The molecule has 120 valence electrons. The third-order valence-corrected chi connectivity index (χ3v) is 8.09. The van der Waals surface area contributed by atoms with Crippen LogP contribution in [-0.2, 0) is 11.8 Å². The van der Waals surface area contributed by atoms with Crippen molar-refractivity contribution in [3.05, 3.63) is 34.9 Å². The second kappa shape index (κ2) is 4.40. The van der Waals surface area contributed by atoms with E-state index < -0.39 is 0 Å². The van der Waals surface area contributed by atoms with Crippen molar-refractivity contribution in [2.75, 3.05) is 0 Å². The standard InChI is InChI=1S/C22H32/c1-15-7-8-17-16(13-15)14-19-21(17,4)12-9-18-20(2,3)10-6-11-22(18,19)5/h7-8,13,18-19H,6,9-12,14H2,1-5H3/t18-,19+,21?,22-/m0/s1. The van der Waals surface area contributed by atoms with E-state index in [2.05, 4.69) is 52.8 Å². The van der Waals surface area contributed by atoms with E-state index >= 15 is 0 Å². The molecule has 3 aliphatic carbocycles. The normalized spacial score (nSPS) is 42.4. The van der Waals surface area contributed by atoms with E-state index in [0.29, 0.717) is 16.2 Å². The molecule has 1 aromatic carbocycles. The molecule has 0 saturated heterocycles. The zero-order valence-electron chi connectivity index (χ0n) is 15.1. The number of rotatable bonds is 0. The van der Waals surface area contributed by atoms with Crippen molar-refractivity contribution in [3.8, 4) is 0 Å². The van der Waals surface area contributed by atoms with Crippen LogP contribution in [0.2, 0.25) is 0 Å². The molecule has 0 aromatic heterocycles. The first-order chi connectivity index (χ1) is 10.3. The van der Waals surface area contributed by atoms with Crippen LogP contribution >= 0.6 is 0 Å². The fraction of sp³-hybridized carbons (Fsp3) is 0.727. The fourth-order valence-electron chi connectivity index (χ4n) is 7.10. The van der Waals surface area contributed by atoms with Gasteiger partial charge in [0.05, 0.1) is 0 Å². The molecule has 0 amide bonds. The molecule has 22 heavy (non-hydrogen) atoms. The minimum atomic E-state index is 0.432. The summed E-state index contributed by atoms with van der Waals surface area (Å²) < 4.78 is 0. The predicted molar refractivity (Wildman–Crippen MR) is 94.2 cm³/mol. The van der Waals surface area contributed by atoms with Crippen LogP contribution in [0.5, 0.6) is 0 Å². The molecule has 3 aliphatic rings. The van der Waals surface area contributed by atoms with Gasteiger partial charge in [0.1, 0.15) is 0 Å². The minimum absolute atomic E-state index is 0.432. The Balaban J connectivity index is 1.81. The Bertz CT molecular complexity index is 610. The summed E-state index contributed by atoms with van der Waals surface area (Å²) in [7, 11) is 0. The molecule has 0 heterocycles. The summed E-state index contributed by atoms with van der Waals surface area (Å²) >= 11 is 0. The highest BCUT2D eigenvalue weighted by atomic mass is 14.6. The molecule has 2 saturated carbocycles. The van der Waals surface area contributed by atoms with Gasteiger partial charge in [0.2, 0.25) is 0 Å². The Morgan fingerprint density at radius 3 is 2.50 bits per heavy atom. The Morgan fingerprint density at radius 1 is 0.955 bits per heavy atom. The smallest absolute Gasteiger partial charge is 0.00357 e. The van der Waals surface area contributed by atoms with Gasteiger partial charge in [0.15, 0.2) is 0 Å². The average Bonchev–Trinajstić information content (AvgIpc) is 2.71. The van der Waals surface area contributed by atoms with Crippen LogP contribution in [0, 0.1) is 29.6 Å².